The van der Waals surface area contributed by atoms with Crippen molar-refractivity contribution in [3.63, 3.8) is 0 Å². The number of benzene rings is 1. The molecule has 0 saturated heterocycles. The second-order valence-electron chi connectivity index (χ2n) is 5.15. The Morgan fingerprint density at radius 1 is 1.29 bits per heavy atom. The molecule has 0 spiro atoms. The van der Waals surface area contributed by atoms with Crippen LogP contribution in [0.4, 0.5) is 10.1 Å². The van der Waals surface area contributed by atoms with Crippen molar-refractivity contribution in [2.75, 3.05) is 5.32 Å². The molecule has 0 aliphatic heterocycles. The average Bonchev–Trinajstić information content (AvgIpc) is 2.30. The Balaban J connectivity index is 2.07. The van der Waals surface area contributed by atoms with Crippen LogP contribution in [0, 0.1) is 17.7 Å². The lowest BCUT2D eigenvalue weighted by Gasteiger charge is -2.35. The highest BCUT2D eigenvalue weighted by Gasteiger charge is 2.26. The molecule has 0 amide bonds. The van der Waals surface area contributed by atoms with Crippen molar-refractivity contribution in [2.45, 2.75) is 39.2 Å². The van der Waals surface area contributed by atoms with Crippen LogP contribution in [0.5, 0.6) is 0 Å². The highest BCUT2D eigenvalue weighted by molar-refractivity contribution is 9.10. The molecule has 0 aromatic heterocycles. The molecular formula is C14H19BrFN. The monoisotopic (exact) mass is 299 g/mol. The smallest absolute Gasteiger partial charge is 0.137 e. The Bertz CT molecular complexity index is 394. The maximum atomic E-state index is 13.1. The Labute approximate surface area is 111 Å². The molecule has 1 aliphatic carbocycles. The van der Waals surface area contributed by atoms with Gasteiger partial charge in [-0.05, 0) is 52.4 Å². The van der Waals surface area contributed by atoms with Gasteiger partial charge >= 0.3 is 0 Å². The summed E-state index contributed by atoms with van der Waals surface area (Å²) in [6.45, 7) is 4.62. The highest BCUT2D eigenvalue weighted by Crippen LogP contribution is 2.32. The number of hydrogen-bond donors (Lipinski definition) is 1. The predicted molar refractivity (Wildman–Crippen MR) is 73.7 cm³/mol. The summed E-state index contributed by atoms with van der Waals surface area (Å²) in [6, 6.07) is 5.65. The molecule has 1 aromatic carbocycles. The van der Waals surface area contributed by atoms with Gasteiger partial charge in [-0.3, -0.25) is 0 Å². The van der Waals surface area contributed by atoms with E-state index in [4.69, 9.17) is 0 Å². The van der Waals surface area contributed by atoms with Crippen molar-refractivity contribution in [3.8, 4) is 0 Å². The number of halogens is 2. The lowest BCUT2D eigenvalue weighted by Crippen LogP contribution is -2.34. The van der Waals surface area contributed by atoms with Crippen LogP contribution in [-0.4, -0.2) is 6.04 Å². The zero-order chi connectivity index (χ0) is 12.4. The third-order valence-corrected chi connectivity index (χ3v) is 4.59. The molecule has 1 aromatic rings. The summed E-state index contributed by atoms with van der Waals surface area (Å²) in [7, 11) is 0. The third kappa shape index (κ3) is 3.01. The first-order valence-electron chi connectivity index (χ1n) is 6.29. The van der Waals surface area contributed by atoms with Gasteiger partial charge in [-0.15, -0.1) is 0 Å². The first-order valence-corrected chi connectivity index (χ1v) is 7.09. The molecule has 3 unspecified atom stereocenters. The number of hydrogen-bond acceptors (Lipinski definition) is 1. The maximum absolute atomic E-state index is 13.1. The van der Waals surface area contributed by atoms with Gasteiger partial charge < -0.3 is 5.32 Å². The Morgan fingerprint density at radius 2 is 2.06 bits per heavy atom. The fourth-order valence-corrected chi connectivity index (χ4v) is 2.96. The van der Waals surface area contributed by atoms with Gasteiger partial charge in [0.25, 0.3) is 0 Å². The average molecular weight is 300 g/mol. The first-order chi connectivity index (χ1) is 8.08. The molecule has 1 N–H and O–H groups in total. The SMILES string of the molecule is CC1CCCC(Nc2ccc(F)c(Br)c2)C1C. The second-order valence-corrected chi connectivity index (χ2v) is 6.00. The molecule has 0 heterocycles. The van der Waals surface area contributed by atoms with Crippen LogP contribution < -0.4 is 5.32 Å². The van der Waals surface area contributed by atoms with Gasteiger partial charge in [0.1, 0.15) is 5.82 Å². The summed E-state index contributed by atoms with van der Waals surface area (Å²) >= 11 is 3.22. The summed E-state index contributed by atoms with van der Waals surface area (Å²) in [6.07, 6.45) is 3.82. The molecule has 1 fully saturated rings. The Kier molecular flexibility index (Phi) is 4.08. The van der Waals surface area contributed by atoms with Gasteiger partial charge in [-0.2, -0.15) is 0 Å². The molecule has 3 atom stereocenters. The standard InChI is InChI=1S/C14H19BrFN/c1-9-4-3-5-14(10(9)2)17-11-6-7-13(16)12(15)8-11/h6-10,14,17H,3-5H2,1-2H3. The summed E-state index contributed by atoms with van der Waals surface area (Å²) in [5, 5.41) is 3.53. The topological polar surface area (TPSA) is 12.0 Å². The summed E-state index contributed by atoms with van der Waals surface area (Å²) < 4.78 is 13.7. The molecule has 1 nitrogen and oxygen atoms in total. The van der Waals surface area contributed by atoms with Gasteiger partial charge in [0.2, 0.25) is 0 Å². The molecule has 1 aliphatic rings. The van der Waals surface area contributed by atoms with Crippen molar-refractivity contribution in [1.82, 2.24) is 0 Å². The van der Waals surface area contributed by atoms with Gasteiger partial charge in [0, 0.05) is 11.7 Å². The van der Waals surface area contributed by atoms with Crippen LogP contribution in [0.2, 0.25) is 0 Å². The summed E-state index contributed by atoms with van der Waals surface area (Å²) in [4.78, 5) is 0. The van der Waals surface area contributed by atoms with Gasteiger partial charge in [-0.25, -0.2) is 4.39 Å². The van der Waals surface area contributed by atoms with Gasteiger partial charge in [0.15, 0.2) is 0 Å². The van der Waals surface area contributed by atoms with Crippen LogP contribution in [0.25, 0.3) is 0 Å². The van der Waals surface area contributed by atoms with Crippen LogP contribution >= 0.6 is 15.9 Å². The molecule has 0 bridgehead atoms. The van der Waals surface area contributed by atoms with E-state index in [2.05, 4.69) is 35.1 Å². The first kappa shape index (κ1) is 12.9. The van der Waals surface area contributed by atoms with E-state index in [1.807, 2.05) is 12.1 Å². The number of nitrogens with one attached hydrogen (secondary N) is 1. The van der Waals surface area contributed by atoms with Gasteiger partial charge in [-0.1, -0.05) is 26.7 Å². The zero-order valence-electron chi connectivity index (χ0n) is 10.3. The van der Waals surface area contributed by atoms with Crippen molar-refractivity contribution in [1.29, 1.82) is 0 Å². The largest absolute Gasteiger partial charge is 0.382 e. The Morgan fingerprint density at radius 3 is 2.76 bits per heavy atom. The lowest BCUT2D eigenvalue weighted by atomic mass is 9.78. The van der Waals surface area contributed by atoms with E-state index in [-0.39, 0.29) is 5.82 Å². The molecule has 3 heteroatoms. The fraction of sp³-hybridized carbons (Fsp3) is 0.571. The predicted octanol–water partition coefficient (Wildman–Crippen LogP) is 4.82. The highest BCUT2D eigenvalue weighted by atomic mass is 79.9. The molecule has 17 heavy (non-hydrogen) atoms. The van der Waals surface area contributed by atoms with Crippen LogP contribution in [0.3, 0.4) is 0 Å². The second kappa shape index (κ2) is 5.38. The van der Waals surface area contributed by atoms with Crippen LogP contribution in [-0.2, 0) is 0 Å². The van der Waals surface area contributed by atoms with E-state index >= 15 is 0 Å². The summed E-state index contributed by atoms with van der Waals surface area (Å²) in [5.41, 5.74) is 1.00. The van der Waals surface area contributed by atoms with Crippen LogP contribution in [0.15, 0.2) is 22.7 Å². The van der Waals surface area contributed by atoms with Crippen molar-refractivity contribution in [3.05, 3.63) is 28.5 Å². The minimum Gasteiger partial charge on any atom is -0.382 e. The van der Waals surface area contributed by atoms with E-state index in [1.165, 1.54) is 25.3 Å². The third-order valence-electron chi connectivity index (χ3n) is 3.98. The van der Waals surface area contributed by atoms with Crippen molar-refractivity contribution in [2.24, 2.45) is 11.8 Å². The van der Waals surface area contributed by atoms with E-state index < -0.39 is 0 Å². The molecule has 1 saturated carbocycles. The molecule has 0 radical (unpaired) electrons. The maximum Gasteiger partial charge on any atom is 0.137 e. The molecular weight excluding hydrogens is 281 g/mol. The summed E-state index contributed by atoms with van der Waals surface area (Å²) in [5.74, 6) is 1.23. The minimum absolute atomic E-state index is 0.208. The molecule has 94 valence electrons. The van der Waals surface area contributed by atoms with Crippen molar-refractivity contribution >= 4 is 21.6 Å². The zero-order valence-corrected chi connectivity index (χ0v) is 11.9. The van der Waals surface area contributed by atoms with E-state index in [1.54, 1.807) is 0 Å². The number of anilines is 1. The van der Waals surface area contributed by atoms with Crippen LogP contribution in [0.1, 0.15) is 33.1 Å². The molecule has 2 rings (SSSR count). The van der Waals surface area contributed by atoms with Gasteiger partial charge in [0.05, 0.1) is 4.47 Å². The fourth-order valence-electron chi connectivity index (χ4n) is 2.59. The minimum atomic E-state index is -0.208. The number of rotatable bonds is 2. The quantitative estimate of drug-likeness (QED) is 0.825. The normalized spacial score (nSPS) is 29.1. The van der Waals surface area contributed by atoms with E-state index in [0.29, 0.717) is 16.4 Å². The van der Waals surface area contributed by atoms with E-state index in [9.17, 15) is 4.39 Å². The lowest BCUT2D eigenvalue weighted by molar-refractivity contribution is 0.253. The van der Waals surface area contributed by atoms with E-state index in [0.717, 1.165) is 11.6 Å². The Hall–Kier alpha value is -0.570. The van der Waals surface area contributed by atoms with Crippen molar-refractivity contribution < 1.29 is 4.39 Å².